The van der Waals surface area contributed by atoms with Gasteiger partial charge in [0, 0.05) is 24.8 Å². The lowest BCUT2D eigenvalue weighted by molar-refractivity contribution is -0.223. The predicted octanol–water partition coefficient (Wildman–Crippen LogP) is 9.62. The molecule has 1 aromatic rings. The second kappa shape index (κ2) is 13.5. The van der Waals surface area contributed by atoms with Crippen molar-refractivity contribution < 1.29 is 27.0 Å². The van der Waals surface area contributed by atoms with E-state index in [0.29, 0.717) is 30.9 Å². The number of hydrogen-bond acceptors (Lipinski definition) is 2. The molecule has 0 bridgehead atoms. The molecule has 0 aromatic heterocycles. The van der Waals surface area contributed by atoms with Crippen molar-refractivity contribution >= 4 is 0 Å². The van der Waals surface area contributed by atoms with Crippen molar-refractivity contribution in [3.63, 3.8) is 0 Å². The van der Waals surface area contributed by atoms with Gasteiger partial charge >= 0.3 is 6.11 Å². The predicted molar refractivity (Wildman–Crippen MR) is 139 cm³/mol. The Balaban J connectivity index is 1.10. The van der Waals surface area contributed by atoms with E-state index < -0.39 is 29.4 Å². The van der Waals surface area contributed by atoms with Crippen LogP contribution < -0.4 is 4.74 Å². The van der Waals surface area contributed by atoms with Crippen LogP contribution in [0.3, 0.4) is 0 Å². The Morgan fingerprint density at radius 1 is 0.838 bits per heavy atom. The van der Waals surface area contributed by atoms with Crippen LogP contribution in [0, 0.1) is 35.3 Å². The first-order valence-corrected chi connectivity index (χ1v) is 14.6. The summed E-state index contributed by atoms with van der Waals surface area (Å²) in [5, 5.41) is 0. The highest BCUT2D eigenvalue weighted by molar-refractivity contribution is 5.24. The van der Waals surface area contributed by atoms with Crippen LogP contribution in [0.15, 0.2) is 29.8 Å². The number of alkyl halides is 2. The van der Waals surface area contributed by atoms with E-state index in [-0.39, 0.29) is 0 Å². The summed E-state index contributed by atoms with van der Waals surface area (Å²) in [6, 6.07) is 2.25. The van der Waals surface area contributed by atoms with Crippen molar-refractivity contribution in [2.45, 2.75) is 115 Å². The molecule has 0 spiro atoms. The molecule has 2 saturated carbocycles. The number of rotatable bonds is 11. The van der Waals surface area contributed by atoms with Crippen LogP contribution in [0.5, 0.6) is 5.75 Å². The van der Waals surface area contributed by atoms with Crippen molar-refractivity contribution in [1.29, 1.82) is 0 Å². The maximum Gasteiger partial charge on any atom is 0.400 e. The SMILES string of the molecule is CCOC1CCC(C2CC=C(CCCCC3CCC(C(F)(F)Oc4cc(F)cc(F)c4)CC3)CC2)CC1. The lowest BCUT2D eigenvalue weighted by atomic mass is 9.73. The molecule has 0 N–H and O–H groups in total. The van der Waals surface area contributed by atoms with E-state index in [1.807, 2.05) is 0 Å². The van der Waals surface area contributed by atoms with E-state index in [4.69, 9.17) is 9.47 Å². The quantitative estimate of drug-likeness (QED) is 0.163. The summed E-state index contributed by atoms with van der Waals surface area (Å²) in [6.45, 7) is 2.92. The molecule has 0 heterocycles. The Morgan fingerprint density at radius 3 is 2.16 bits per heavy atom. The molecule has 1 unspecified atom stereocenters. The van der Waals surface area contributed by atoms with Gasteiger partial charge in [-0.15, -0.1) is 0 Å². The zero-order valence-corrected chi connectivity index (χ0v) is 22.3. The Hall–Kier alpha value is -1.56. The van der Waals surface area contributed by atoms with Crippen molar-refractivity contribution in [3.05, 3.63) is 41.5 Å². The molecule has 4 rings (SSSR count). The van der Waals surface area contributed by atoms with Crippen molar-refractivity contribution in [2.75, 3.05) is 6.61 Å². The molecule has 2 fully saturated rings. The van der Waals surface area contributed by atoms with Gasteiger partial charge in [-0.2, -0.15) is 8.78 Å². The smallest absolute Gasteiger partial charge is 0.400 e. The zero-order valence-electron chi connectivity index (χ0n) is 22.3. The summed E-state index contributed by atoms with van der Waals surface area (Å²) in [6.07, 6.45) is 15.4. The van der Waals surface area contributed by atoms with Gasteiger partial charge in [0.05, 0.1) is 12.0 Å². The van der Waals surface area contributed by atoms with Gasteiger partial charge in [0.1, 0.15) is 17.4 Å². The molecule has 0 saturated heterocycles. The second-order valence-corrected chi connectivity index (χ2v) is 11.6. The number of allylic oxidation sites excluding steroid dienone is 2. The largest absolute Gasteiger partial charge is 0.432 e. The van der Waals surface area contributed by atoms with Gasteiger partial charge in [0.25, 0.3) is 0 Å². The molecule has 3 aliphatic carbocycles. The van der Waals surface area contributed by atoms with E-state index in [1.54, 1.807) is 5.57 Å². The Kier molecular flexibility index (Phi) is 10.4. The first-order valence-electron chi connectivity index (χ1n) is 14.6. The van der Waals surface area contributed by atoms with Gasteiger partial charge in [-0.1, -0.05) is 24.5 Å². The Morgan fingerprint density at radius 2 is 1.54 bits per heavy atom. The van der Waals surface area contributed by atoms with Crippen LogP contribution in [-0.4, -0.2) is 18.8 Å². The number of benzene rings is 1. The normalized spacial score (nSPS) is 29.1. The minimum absolute atomic E-state index is 0.383. The fourth-order valence-corrected chi connectivity index (χ4v) is 6.93. The third-order valence-corrected chi connectivity index (χ3v) is 9.11. The molecule has 0 aliphatic heterocycles. The highest BCUT2D eigenvalue weighted by atomic mass is 19.3. The van der Waals surface area contributed by atoms with E-state index in [2.05, 4.69) is 13.0 Å². The number of halogens is 4. The summed E-state index contributed by atoms with van der Waals surface area (Å²) in [5.74, 6) is -1.00. The summed E-state index contributed by atoms with van der Waals surface area (Å²) in [7, 11) is 0. The molecule has 37 heavy (non-hydrogen) atoms. The van der Waals surface area contributed by atoms with E-state index in [9.17, 15) is 17.6 Å². The van der Waals surface area contributed by atoms with Gasteiger partial charge in [-0.3, -0.25) is 0 Å². The lowest BCUT2D eigenvalue weighted by Crippen LogP contribution is -2.37. The highest BCUT2D eigenvalue weighted by Crippen LogP contribution is 2.42. The maximum atomic E-state index is 14.6. The van der Waals surface area contributed by atoms with Gasteiger partial charge in [0.2, 0.25) is 0 Å². The number of hydrogen-bond donors (Lipinski definition) is 0. The van der Waals surface area contributed by atoms with E-state index in [0.717, 1.165) is 56.3 Å². The first-order chi connectivity index (χ1) is 17.8. The van der Waals surface area contributed by atoms with Gasteiger partial charge < -0.3 is 9.47 Å². The minimum atomic E-state index is -3.42. The third kappa shape index (κ3) is 8.46. The minimum Gasteiger partial charge on any atom is -0.432 e. The monoisotopic (exact) mass is 524 g/mol. The molecule has 1 aromatic carbocycles. The highest BCUT2D eigenvalue weighted by Gasteiger charge is 2.44. The standard InChI is InChI=1S/C31H44F4O2/c1-2-36-29-17-13-25(14-18-29)24-11-7-22(8-12-24)5-3-4-6-23-9-15-26(16-10-23)31(34,35)37-30-20-27(32)19-28(33)21-30/h7,19-21,23-26,29H,2-6,8-18H2,1H3. The molecule has 2 nitrogen and oxygen atoms in total. The number of ether oxygens (including phenoxy) is 2. The summed E-state index contributed by atoms with van der Waals surface area (Å²) >= 11 is 0. The fraction of sp³-hybridized carbons (Fsp3) is 0.742. The van der Waals surface area contributed by atoms with Crippen LogP contribution in [0.25, 0.3) is 0 Å². The van der Waals surface area contributed by atoms with Crippen LogP contribution in [0.4, 0.5) is 17.6 Å². The average Bonchev–Trinajstić information content (AvgIpc) is 2.87. The fourth-order valence-electron chi connectivity index (χ4n) is 6.93. The second-order valence-electron chi connectivity index (χ2n) is 11.6. The van der Waals surface area contributed by atoms with Crippen molar-refractivity contribution in [1.82, 2.24) is 0 Å². The van der Waals surface area contributed by atoms with Crippen LogP contribution in [0.1, 0.15) is 103 Å². The zero-order chi connectivity index (χ0) is 26.3. The average molecular weight is 525 g/mol. The summed E-state index contributed by atoms with van der Waals surface area (Å²) in [4.78, 5) is 0. The molecule has 3 aliphatic rings. The third-order valence-electron chi connectivity index (χ3n) is 9.11. The van der Waals surface area contributed by atoms with Crippen molar-refractivity contribution in [2.24, 2.45) is 23.7 Å². The van der Waals surface area contributed by atoms with Crippen LogP contribution in [-0.2, 0) is 4.74 Å². The molecule has 6 heteroatoms. The van der Waals surface area contributed by atoms with E-state index in [1.165, 1.54) is 57.8 Å². The Bertz CT molecular complexity index is 850. The topological polar surface area (TPSA) is 18.5 Å². The summed E-state index contributed by atoms with van der Waals surface area (Å²) in [5.41, 5.74) is 1.62. The molecule has 0 amide bonds. The van der Waals surface area contributed by atoms with Gasteiger partial charge in [-0.25, -0.2) is 8.78 Å². The molecule has 0 radical (unpaired) electrons. The molecular weight excluding hydrogens is 480 g/mol. The summed E-state index contributed by atoms with van der Waals surface area (Å²) < 4.78 is 66.4. The molecule has 208 valence electrons. The van der Waals surface area contributed by atoms with Crippen LogP contribution >= 0.6 is 0 Å². The maximum absolute atomic E-state index is 14.6. The van der Waals surface area contributed by atoms with E-state index >= 15 is 0 Å². The lowest BCUT2D eigenvalue weighted by Gasteiger charge is -2.35. The molecular formula is C31H44F4O2. The first kappa shape index (κ1) is 28.4. The molecule has 1 atom stereocenters. The number of unbranched alkanes of at least 4 members (excludes halogenated alkanes) is 1. The Labute approximate surface area is 220 Å². The van der Waals surface area contributed by atoms with Gasteiger partial charge in [-0.05, 0) is 108 Å². The van der Waals surface area contributed by atoms with Crippen LogP contribution in [0.2, 0.25) is 0 Å². The van der Waals surface area contributed by atoms with Gasteiger partial charge in [0.15, 0.2) is 0 Å². The van der Waals surface area contributed by atoms with Crippen molar-refractivity contribution in [3.8, 4) is 5.75 Å².